The molecule has 6 heteroatoms. The van der Waals surface area contributed by atoms with Gasteiger partial charge in [0.2, 0.25) is 0 Å². The van der Waals surface area contributed by atoms with Gasteiger partial charge in [0.25, 0.3) is 0 Å². The average Bonchev–Trinajstić information content (AvgIpc) is 3.17. The third-order valence-electron chi connectivity index (χ3n) is 6.18. The lowest BCUT2D eigenvalue weighted by Gasteiger charge is -2.37. The predicted molar refractivity (Wildman–Crippen MR) is 122 cm³/mol. The number of nitrogens with one attached hydrogen (secondary N) is 2. The van der Waals surface area contributed by atoms with Gasteiger partial charge in [0, 0.05) is 18.4 Å². The Kier molecular flexibility index (Phi) is 7.77. The lowest BCUT2D eigenvalue weighted by molar-refractivity contribution is -0.145. The summed E-state index contributed by atoms with van der Waals surface area (Å²) in [6.07, 6.45) is 7.05. The summed E-state index contributed by atoms with van der Waals surface area (Å²) in [6, 6.07) is 10.3. The molecule has 168 valence electrons. The number of amides is 2. The summed E-state index contributed by atoms with van der Waals surface area (Å²) in [5.41, 5.74) is 4.31. The number of ether oxygens (including phenoxy) is 1. The molecule has 2 aromatic rings. The standard InChI is InChI=1S/C25H35N3O3/c1-4-31-23(29)16-25(12-6-5-7-13-25)27-24(30)26-17-22-9-8-14-28(22)18-21-15-19(2)10-11-20(21)3/h8-11,14-15H,4-7,12-13,16-18H2,1-3H3,(H2,26,27,30). The number of esters is 1. The highest BCUT2D eigenvalue weighted by Gasteiger charge is 2.36. The average molecular weight is 426 g/mol. The number of carbonyl (C=O) groups excluding carboxylic acids is 2. The molecule has 1 aromatic heterocycles. The maximum atomic E-state index is 12.7. The van der Waals surface area contributed by atoms with Gasteiger partial charge in [0.1, 0.15) is 0 Å². The van der Waals surface area contributed by atoms with Crippen LogP contribution in [0, 0.1) is 13.8 Å². The molecule has 1 aliphatic rings. The van der Waals surface area contributed by atoms with E-state index in [9.17, 15) is 9.59 Å². The van der Waals surface area contributed by atoms with Crippen LogP contribution in [0.3, 0.4) is 0 Å². The summed E-state index contributed by atoms with van der Waals surface area (Å²) >= 11 is 0. The molecule has 31 heavy (non-hydrogen) atoms. The van der Waals surface area contributed by atoms with Crippen molar-refractivity contribution in [3.63, 3.8) is 0 Å². The minimum Gasteiger partial charge on any atom is -0.466 e. The van der Waals surface area contributed by atoms with Crippen molar-refractivity contribution < 1.29 is 14.3 Å². The molecular formula is C25H35N3O3. The van der Waals surface area contributed by atoms with Crippen molar-refractivity contribution in [2.75, 3.05) is 6.61 Å². The Morgan fingerprint density at radius 3 is 2.65 bits per heavy atom. The maximum Gasteiger partial charge on any atom is 0.315 e. The van der Waals surface area contributed by atoms with Crippen molar-refractivity contribution in [3.05, 3.63) is 58.9 Å². The number of aryl methyl sites for hydroxylation is 2. The first-order valence-corrected chi connectivity index (χ1v) is 11.3. The van der Waals surface area contributed by atoms with Crippen LogP contribution in [0.1, 0.15) is 67.8 Å². The molecule has 2 N–H and O–H groups in total. The molecule has 0 spiro atoms. The predicted octanol–water partition coefficient (Wildman–Crippen LogP) is 4.61. The van der Waals surface area contributed by atoms with Gasteiger partial charge in [-0.05, 0) is 56.9 Å². The highest BCUT2D eigenvalue weighted by molar-refractivity contribution is 5.77. The zero-order valence-electron chi connectivity index (χ0n) is 19.0. The van der Waals surface area contributed by atoms with Gasteiger partial charge in [-0.25, -0.2) is 4.79 Å². The van der Waals surface area contributed by atoms with Crippen molar-refractivity contribution in [1.29, 1.82) is 0 Å². The minimum absolute atomic E-state index is 0.231. The lowest BCUT2D eigenvalue weighted by atomic mass is 9.79. The normalized spacial score (nSPS) is 15.3. The van der Waals surface area contributed by atoms with Gasteiger partial charge >= 0.3 is 12.0 Å². The van der Waals surface area contributed by atoms with Crippen LogP contribution < -0.4 is 10.6 Å². The van der Waals surface area contributed by atoms with Crippen molar-refractivity contribution >= 4 is 12.0 Å². The molecule has 1 aliphatic carbocycles. The second-order valence-corrected chi connectivity index (χ2v) is 8.69. The highest BCUT2D eigenvalue weighted by atomic mass is 16.5. The van der Waals surface area contributed by atoms with Gasteiger partial charge in [-0.2, -0.15) is 0 Å². The van der Waals surface area contributed by atoms with Gasteiger partial charge in [0.15, 0.2) is 0 Å². The Bertz CT molecular complexity index is 897. The third kappa shape index (κ3) is 6.36. The van der Waals surface area contributed by atoms with Crippen LogP contribution in [-0.4, -0.2) is 28.7 Å². The fourth-order valence-electron chi connectivity index (χ4n) is 4.44. The molecule has 2 amide bonds. The molecule has 1 saturated carbocycles. The van der Waals surface area contributed by atoms with E-state index in [0.29, 0.717) is 13.2 Å². The summed E-state index contributed by atoms with van der Waals surface area (Å²) in [5.74, 6) is -0.243. The molecule has 6 nitrogen and oxygen atoms in total. The number of carbonyl (C=O) groups is 2. The van der Waals surface area contributed by atoms with Gasteiger partial charge < -0.3 is 19.9 Å². The van der Waals surface area contributed by atoms with Crippen LogP contribution in [-0.2, 0) is 22.6 Å². The van der Waals surface area contributed by atoms with Gasteiger partial charge in [0.05, 0.1) is 25.1 Å². The van der Waals surface area contributed by atoms with Gasteiger partial charge in [-0.1, -0.05) is 43.0 Å². The summed E-state index contributed by atoms with van der Waals surface area (Å²) in [6.45, 7) is 7.59. The van der Waals surface area contributed by atoms with Gasteiger partial charge in [-0.15, -0.1) is 0 Å². The van der Waals surface area contributed by atoms with E-state index in [0.717, 1.165) is 44.3 Å². The number of rotatable bonds is 8. The quantitative estimate of drug-likeness (QED) is 0.607. The second kappa shape index (κ2) is 10.5. The number of benzene rings is 1. The van der Waals surface area contributed by atoms with E-state index in [4.69, 9.17) is 4.74 Å². The summed E-state index contributed by atoms with van der Waals surface area (Å²) in [5, 5.41) is 6.10. The molecule has 0 aliphatic heterocycles. The monoisotopic (exact) mass is 425 g/mol. The molecule has 3 rings (SSSR count). The Hall–Kier alpha value is -2.76. The van der Waals surface area contributed by atoms with Crippen LogP contribution in [0.5, 0.6) is 0 Å². The number of nitrogens with zero attached hydrogens (tertiary/aromatic N) is 1. The minimum atomic E-state index is -0.505. The van der Waals surface area contributed by atoms with E-state index < -0.39 is 5.54 Å². The van der Waals surface area contributed by atoms with E-state index in [1.54, 1.807) is 6.92 Å². The summed E-state index contributed by atoms with van der Waals surface area (Å²) in [4.78, 5) is 24.9. The largest absolute Gasteiger partial charge is 0.466 e. The number of aromatic nitrogens is 1. The molecule has 1 aromatic carbocycles. The summed E-state index contributed by atoms with van der Waals surface area (Å²) in [7, 11) is 0. The fourth-order valence-corrected chi connectivity index (χ4v) is 4.44. The highest BCUT2D eigenvalue weighted by Crippen LogP contribution is 2.31. The fraction of sp³-hybridized carbons (Fsp3) is 0.520. The number of urea groups is 1. The topological polar surface area (TPSA) is 72.4 Å². The Morgan fingerprint density at radius 1 is 1.13 bits per heavy atom. The van der Waals surface area contributed by atoms with E-state index in [2.05, 4.69) is 47.2 Å². The van der Waals surface area contributed by atoms with E-state index in [1.165, 1.54) is 16.7 Å². The van der Waals surface area contributed by atoms with Crippen LogP contribution in [0.4, 0.5) is 4.79 Å². The van der Waals surface area contributed by atoms with Crippen molar-refractivity contribution in [3.8, 4) is 0 Å². The molecule has 0 bridgehead atoms. The Balaban J connectivity index is 1.61. The SMILES string of the molecule is CCOC(=O)CC1(NC(=O)NCc2cccn2Cc2cc(C)ccc2C)CCCCC1. The zero-order chi connectivity index (χ0) is 22.3. The maximum absolute atomic E-state index is 12.7. The number of hydrogen-bond acceptors (Lipinski definition) is 3. The first kappa shape index (κ1) is 22.9. The molecular weight excluding hydrogens is 390 g/mol. The third-order valence-corrected chi connectivity index (χ3v) is 6.18. The molecule has 0 radical (unpaired) electrons. The van der Waals surface area contributed by atoms with E-state index in [1.807, 2.05) is 18.3 Å². The molecule has 0 unspecified atom stereocenters. The van der Waals surface area contributed by atoms with Crippen molar-refractivity contribution in [2.24, 2.45) is 0 Å². The molecule has 1 fully saturated rings. The van der Waals surface area contributed by atoms with E-state index in [-0.39, 0.29) is 18.4 Å². The molecule has 0 saturated heterocycles. The van der Waals surface area contributed by atoms with Crippen LogP contribution in [0.2, 0.25) is 0 Å². The summed E-state index contributed by atoms with van der Waals surface area (Å²) < 4.78 is 7.31. The molecule has 1 heterocycles. The molecule has 0 atom stereocenters. The second-order valence-electron chi connectivity index (χ2n) is 8.69. The van der Waals surface area contributed by atoms with Gasteiger partial charge in [-0.3, -0.25) is 4.79 Å². The Morgan fingerprint density at radius 2 is 1.90 bits per heavy atom. The first-order valence-electron chi connectivity index (χ1n) is 11.3. The lowest BCUT2D eigenvalue weighted by Crippen LogP contribution is -2.54. The number of hydrogen-bond donors (Lipinski definition) is 2. The first-order chi connectivity index (χ1) is 14.9. The van der Waals surface area contributed by atoms with Crippen molar-refractivity contribution in [2.45, 2.75) is 77.9 Å². The van der Waals surface area contributed by atoms with Crippen LogP contribution in [0.15, 0.2) is 36.5 Å². The van der Waals surface area contributed by atoms with Crippen molar-refractivity contribution in [1.82, 2.24) is 15.2 Å². The Labute approximate surface area is 185 Å². The zero-order valence-corrected chi connectivity index (χ0v) is 19.0. The smallest absolute Gasteiger partial charge is 0.315 e. The van der Waals surface area contributed by atoms with E-state index >= 15 is 0 Å². The van der Waals surface area contributed by atoms with Crippen LogP contribution >= 0.6 is 0 Å². The van der Waals surface area contributed by atoms with Crippen LogP contribution in [0.25, 0.3) is 0 Å².